The molecule has 0 aliphatic carbocycles. The number of carbonyl (C=O) groups excluding carboxylic acids is 1. The number of rotatable bonds is 7. The highest BCUT2D eigenvalue weighted by atomic mass is 32.2. The first-order valence-electron chi connectivity index (χ1n) is 8.39. The van der Waals surface area contributed by atoms with E-state index in [2.05, 4.69) is 0 Å². The molecule has 0 radical (unpaired) electrons. The van der Waals surface area contributed by atoms with E-state index in [0.717, 1.165) is 18.6 Å². The number of benzene rings is 1. The van der Waals surface area contributed by atoms with Crippen LogP contribution in [0, 0.1) is 0 Å². The summed E-state index contributed by atoms with van der Waals surface area (Å²) in [4.78, 5) is 14.2. The quantitative estimate of drug-likeness (QED) is 0.771. The number of hydrogen-bond acceptors (Lipinski definition) is 5. The molecule has 0 aromatic heterocycles. The second kappa shape index (κ2) is 9.02. The Labute approximate surface area is 154 Å². The molecule has 1 N–H and O–H groups in total. The number of thioether (sulfide) groups is 1. The van der Waals surface area contributed by atoms with E-state index in [0.29, 0.717) is 25.1 Å². The average molecular weight is 387 g/mol. The van der Waals surface area contributed by atoms with E-state index in [4.69, 9.17) is 0 Å². The second-order valence-electron chi connectivity index (χ2n) is 6.20. The van der Waals surface area contributed by atoms with Crippen molar-refractivity contribution in [1.82, 2.24) is 9.21 Å². The highest BCUT2D eigenvalue weighted by Crippen LogP contribution is 2.25. The molecule has 0 saturated carbocycles. The summed E-state index contributed by atoms with van der Waals surface area (Å²) in [6.45, 7) is 0.824. The standard InChI is InChI=1S/C17H26N2O4S2/c1-18(10-11-24-2)17(21)14-6-5-8-16(12-14)25(22,23)19-9-4-3-7-15(19)13-20/h5-6,8,12,15,20H,3-4,7,9-11,13H2,1-2H3. The Hall–Kier alpha value is -1.09. The number of hydrogen-bond donors (Lipinski definition) is 1. The Morgan fingerprint density at radius 3 is 2.84 bits per heavy atom. The van der Waals surface area contributed by atoms with Gasteiger partial charge in [0, 0.05) is 37.5 Å². The van der Waals surface area contributed by atoms with E-state index in [-0.39, 0.29) is 23.5 Å². The molecule has 6 nitrogen and oxygen atoms in total. The van der Waals surface area contributed by atoms with Gasteiger partial charge in [0.25, 0.3) is 5.91 Å². The summed E-state index contributed by atoms with van der Waals surface area (Å²) >= 11 is 1.65. The molecule has 1 aliphatic rings. The number of aliphatic hydroxyl groups is 1. The summed E-state index contributed by atoms with van der Waals surface area (Å²) in [5.41, 5.74) is 0.363. The van der Waals surface area contributed by atoms with E-state index in [1.807, 2.05) is 6.26 Å². The molecule has 1 saturated heterocycles. The molecular formula is C17H26N2O4S2. The molecule has 1 atom stereocenters. The third-order valence-corrected chi connectivity index (χ3v) is 6.99. The van der Waals surface area contributed by atoms with Gasteiger partial charge in [-0.1, -0.05) is 12.5 Å². The van der Waals surface area contributed by atoms with Crippen LogP contribution in [0.25, 0.3) is 0 Å². The number of piperidine rings is 1. The summed E-state index contributed by atoms with van der Waals surface area (Å²) in [6, 6.07) is 5.80. The third-order valence-electron chi connectivity index (χ3n) is 4.45. The van der Waals surface area contributed by atoms with Crippen LogP contribution in [-0.2, 0) is 10.0 Å². The van der Waals surface area contributed by atoms with Gasteiger partial charge < -0.3 is 10.0 Å². The van der Waals surface area contributed by atoms with Gasteiger partial charge in [-0.2, -0.15) is 16.1 Å². The molecule has 2 rings (SSSR count). The molecule has 25 heavy (non-hydrogen) atoms. The molecule has 0 spiro atoms. The lowest BCUT2D eigenvalue weighted by atomic mass is 10.1. The van der Waals surface area contributed by atoms with Gasteiger partial charge in [-0.3, -0.25) is 4.79 Å². The number of amides is 1. The SMILES string of the molecule is CSCCN(C)C(=O)c1cccc(S(=O)(=O)N2CCCCC2CO)c1. The Kier molecular flexibility index (Phi) is 7.30. The minimum Gasteiger partial charge on any atom is -0.395 e. The Balaban J connectivity index is 2.26. The van der Waals surface area contributed by atoms with Crippen LogP contribution < -0.4 is 0 Å². The maximum Gasteiger partial charge on any atom is 0.253 e. The average Bonchev–Trinajstić information content (AvgIpc) is 2.65. The van der Waals surface area contributed by atoms with Crippen LogP contribution in [0.15, 0.2) is 29.2 Å². The third kappa shape index (κ3) is 4.75. The Morgan fingerprint density at radius 1 is 1.40 bits per heavy atom. The van der Waals surface area contributed by atoms with Crippen LogP contribution in [0.3, 0.4) is 0 Å². The van der Waals surface area contributed by atoms with Crippen molar-refractivity contribution in [3.8, 4) is 0 Å². The van der Waals surface area contributed by atoms with E-state index in [1.165, 1.54) is 16.4 Å². The molecule has 140 valence electrons. The fraction of sp³-hybridized carbons (Fsp3) is 0.588. The van der Waals surface area contributed by atoms with Crippen molar-refractivity contribution in [3.63, 3.8) is 0 Å². The van der Waals surface area contributed by atoms with E-state index < -0.39 is 10.0 Å². The summed E-state index contributed by atoms with van der Waals surface area (Å²) < 4.78 is 27.3. The zero-order valence-electron chi connectivity index (χ0n) is 14.7. The van der Waals surface area contributed by atoms with Crippen molar-refractivity contribution >= 4 is 27.7 Å². The smallest absolute Gasteiger partial charge is 0.253 e. The lowest BCUT2D eigenvalue weighted by molar-refractivity contribution is 0.0803. The van der Waals surface area contributed by atoms with Crippen molar-refractivity contribution in [2.75, 3.05) is 38.8 Å². The first-order valence-corrected chi connectivity index (χ1v) is 11.2. The lowest BCUT2D eigenvalue weighted by Gasteiger charge is -2.33. The van der Waals surface area contributed by atoms with Crippen LogP contribution >= 0.6 is 11.8 Å². The van der Waals surface area contributed by atoms with Gasteiger partial charge in [-0.15, -0.1) is 0 Å². The summed E-state index contributed by atoms with van der Waals surface area (Å²) in [6.07, 6.45) is 4.33. The van der Waals surface area contributed by atoms with Crippen molar-refractivity contribution in [2.24, 2.45) is 0 Å². The van der Waals surface area contributed by atoms with Crippen LogP contribution in [0.5, 0.6) is 0 Å². The molecule has 1 aromatic rings. The van der Waals surface area contributed by atoms with Crippen LogP contribution in [0.2, 0.25) is 0 Å². The minimum absolute atomic E-state index is 0.108. The molecule has 1 fully saturated rings. The van der Waals surface area contributed by atoms with E-state index >= 15 is 0 Å². The summed E-state index contributed by atoms with van der Waals surface area (Å²) in [7, 11) is -2.01. The predicted molar refractivity (Wildman–Crippen MR) is 100 cm³/mol. The van der Waals surface area contributed by atoms with Crippen LogP contribution in [-0.4, -0.2) is 73.4 Å². The zero-order chi connectivity index (χ0) is 18.4. The molecular weight excluding hydrogens is 360 g/mol. The van der Waals surface area contributed by atoms with Gasteiger partial charge in [0.1, 0.15) is 0 Å². The molecule has 1 amide bonds. The summed E-state index contributed by atoms with van der Waals surface area (Å²) in [5, 5.41) is 9.50. The van der Waals surface area contributed by atoms with Crippen molar-refractivity contribution < 1.29 is 18.3 Å². The maximum absolute atomic E-state index is 13.0. The van der Waals surface area contributed by atoms with Crippen molar-refractivity contribution in [3.05, 3.63) is 29.8 Å². The monoisotopic (exact) mass is 386 g/mol. The van der Waals surface area contributed by atoms with E-state index in [9.17, 15) is 18.3 Å². The van der Waals surface area contributed by atoms with Gasteiger partial charge in [0.05, 0.1) is 11.5 Å². The predicted octanol–water partition coefficient (Wildman–Crippen LogP) is 1.66. The van der Waals surface area contributed by atoms with Gasteiger partial charge in [-0.05, 0) is 37.3 Å². The molecule has 1 aliphatic heterocycles. The van der Waals surface area contributed by atoms with Gasteiger partial charge in [0.15, 0.2) is 0 Å². The largest absolute Gasteiger partial charge is 0.395 e. The maximum atomic E-state index is 13.0. The minimum atomic E-state index is -3.72. The first kappa shape index (κ1) is 20.2. The molecule has 1 unspecified atom stereocenters. The van der Waals surface area contributed by atoms with Crippen LogP contribution in [0.4, 0.5) is 0 Å². The molecule has 1 heterocycles. The molecule has 8 heteroatoms. The molecule has 1 aromatic carbocycles. The zero-order valence-corrected chi connectivity index (χ0v) is 16.4. The van der Waals surface area contributed by atoms with Crippen molar-refractivity contribution in [1.29, 1.82) is 0 Å². The Bertz CT molecular complexity index is 694. The molecule has 0 bridgehead atoms. The fourth-order valence-electron chi connectivity index (χ4n) is 2.95. The Morgan fingerprint density at radius 2 is 2.16 bits per heavy atom. The van der Waals surface area contributed by atoms with Crippen LogP contribution in [0.1, 0.15) is 29.6 Å². The lowest BCUT2D eigenvalue weighted by Crippen LogP contribution is -2.45. The number of nitrogens with zero attached hydrogens (tertiary/aromatic N) is 2. The number of carbonyl (C=O) groups is 1. The second-order valence-corrected chi connectivity index (χ2v) is 9.07. The highest BCUT2D eigenvalue weighted by molar-refractivity contribution is 7.98. The van der Waals surface area contributed by atoms with Gasteiger partial charge in [-0.25, -0.2) is 8.42 Å². The van der Waals surface area contributed by atoms with Crippen molar-refractivity contribution in [2.45, 2.75) is 30.2 Å². The number of sulfonamides is 1. The summed E-state index contributed by atoms with van der Waals surface area (Å²) in [5.74, 6) is 0.634. The first-order chi connectivity index (χ1) is 11.9. The number of aliphatic hydroxyl groups excluding tert-OH is 1. The fourth-order valence-corrected chi connectivity index (χ4v) is 5.14. The topological polar surface area (TPSA) is 77.9 Å². The highest BCUT2D eigenvalue weighted by Gasteiger charge is 2.33. The normalized spacial score (nSPS) is 18.9. The van der Waals surface area contributed by atoms with Gasteiger partial charge in [0.2, 0.25) is 10.0 Å². The van der Waals surface area contributed by atoms with E-state index in [1.54, 1.807) is 35.8 Å². The van der Waals surface area contributed by atoms with Gasteiger partial charge >= 0.3 is 0 Å².